The molecule has 0 saturated carbocycles. The smallest absolute Gasteiger partial charge is 0.328 e. The minimum Gasteiger partial charge on any atom is -0.458 e. The fourth-order valence-electron chi connectivity index (χ4n) is 1.25. The van der Waals surface area contributed by atoms with Crippen LogP contribution in [0.1, 0.15) is 27.7 Å². The predicted octanol–water partition coefficient (Wildman–Crippen LogP) is 3.48. The molecule has 0 fully saturated rings. The van der Waals surface area contributed by atoms with Crippen LogP contribution in [0.3, 0.4) is 0 Å². The quantitative estimate of drug-likeness (QED) is 0.841. The standard InChI is InChI=1S/C13H18ClNO2/c1-9(12(16)17-13(2,3)4)15-11-7-5-10(14)6-8-11/h5-9,15H,1-4H3/t9-/m0/s1. The van der Waals surface area contributed by atoms with E-state index in [-0.39, 0.29) is 5.97 Å². The molecule has 4 heteroatoms. The van der Waals surface area contributed by atoms with Crippen LogP contribution < -0.4 is 5.32 Å². The first-order valence-electron chi connectivity index (χ1n) is 5.53. The zero-order chi connectivity index (χ0) is 13.1. The number of benzene rings is 1. The highest BCUT2D eigenvalue weighted by Gasteiger charge is 2.21. The lowest BCUT2D eigenvalue weighted by Gasteiger charge is -2.23. The summed E-state index contributed by atoms with van der Waals surface area (Å²) in [5.41, 5.74) is 0.375. The molecule has 94 valence electrons. The molecular formula is C13H18ClNO2. The summed E-state index contributed by atoms with van der Waals surface area (Å²) in [7, 11) is 0. The molecule has 1 aromatic carbocycles. The molecule has 1 aromatic rings. The van der Waals surface area contributed by atoms with Crippen molar-refractivity contribution in [3.8, 4) is 0 Å². The number of anilines is 1. The fraction of sp³-hybridized carbons (Fsp3) is 0.462. The summed E-state index contributed by atoms with van der Waals surface area (Å²) in [6.45, 7) is 7.31. The number of hydrogen-bond donors (Lipinski definition) is 1. The molecule has 0 heterocycles. The Hall–Kier alpha value is -1.22. The lowest BCUT2D eigenvalue weighted by molar-refractivity contribution is -0.155. The second-order valence-electron chi connectivity index (χ2n) is 4.91. The molecule has 0 saturated heterocycles. The summed E-state index contributed by atoms with van der Waals surface area (Å²) in [6.07, 6.45) is 0. The van der Waals surface area contributed by atoms with E-state index in [1.54, 1.807) is 19.1 Å². The van der Waals surface area contributed by atoms with E-state index in [2.05, 4.69) is 5.32 Å². The number of hydrogen-bond acceptors (Lipinski definition) is 3. The van der Waals surface area contributed by atoms with Gasteiger partial charge in [-0.05, 0) is 52.0 Å². The Kier molecular flexibility index (Phi) is 4.40. The number of rotatable bonds is 3. The van der Waals surface area contributed by atoms with Gasteiger partial charge in [-0.3, -0.25) is 0 Å². The molecule has 1 rings (SSSR count). The first-order valence-corrected chi connectivity index (χ1v) is 5.91. The van der Waals surface area contributed by atoms with Crippen LogP contribution in [0.15, 0.2) is 24.3 Å². The summed E-state index contributed by atoms with van der Waals surface area (Å²) < 4.78 is 5.27. The van der Waals surface area contributed by atoms with E-state index < -0.39 is 11.6 Å². The van der Waals surface area contributed by atoms with Crippen LogP contribution in [0.5, 0.6) is 0 Å². The minimum atomic E-state index is -0.465. The molecule has 17 heavy (non-hydrogen) atoms. The van der Waals surface area contributed by atoms with Crippen molar-refractivity contribution in [2.45, 2.75) is 39.3 Å². The number of nitrogens with one attached hydrogen (secondary N) is 1. The molecule has 1 atom stereocenters. The van der Waals surface area contributed by atoms with Crippen molar-refractivity contribution >= 4 is 23.3 Å². The Morgan fingerprint density at radius 1 is 1.29 bits per heavy atom. The van der Waals surface area contributed by atoms with Gasteiger partial charge in [-0.25, -0.2) is 4.79 Å². The Labute approximate surface area is 107 Å². The monoisotopic (exact) mass is 255 g/mol. The maximum absolute atomic E-state index is 11.7. The molecule has 0 aromatic heterocycles. The van der Waals surface area contributed by atoms with E-state index in [1.807, 2.05) is 32.9 Å². The largest absolute Gasteiger partial charge is 0.458 e. The zero-order valence-corrected chi connectivity index (χ0v) is 11.3. The first-order chi connectivity index (χ1) is 7.78. The molecule has 3 nitrogen and oxygen atoms in total. The van der Waals surface area contributed by atoms with Gasteiger partial charge in [-0.15, -0.1) is 0 Å². The van der Waals surface area contributed by atoms with Gasteiger partial charge in [-0.2, -0.15) is 0 Å². The van der Waals surface area contributed by atoms with Gasteiger partial charge in [0.1, 0.15) is 11.6 Å². The Morgan fingerprint density at radius 3 is 2.29 bits per heavy atom. The molecule has 0 aliphatic rings. The highest BCUT2D eigenvalue weighted by molar-refractivity contribution is 6.30. The second kappa shape index (κ2) is 5.41. The molecule has 0 spiro atoms. The average molecular weight is 256 g/mol. The zero-order valence-electron chi connectivity index (χ0n) is 10.6. The lowest BCUT2D eigenvalue weighted by Crippen LogP contribution is -2.34. The van der Waals surface area contributed by atoms with Crippen LogP contribution >= 0.6 is 11.6 Å². The van der Waals surface area contributed by atoms with Crippen LogP contribution in [0.4, 0.5) is 5.69 Å². The van der Waals surface area contributed by atoms with Crippen molar-refractivity contribution in [3.05, 3.63) is 29.3 Å². The fourth-order valence-corrected chi connectivity index (χ4v) is 1.37. The predicted molar refractivity (Wildman–Crippen MR) is 70.4 cm³/mol. The number of carbonyl (C=O) groups is 1. The molecular weight excluding hydrogens is 238 g/mol. The summed E-state index contributed by atoms with van der Waals surface area (Å²) in [6, 6.07) is 6.79. The molecule has 1 N–H and O–H groups in total. The van der Waals surface area contributed by atoms with E-state index in [0.29, 0.717) is 5.02 Å². The van der Waals surface area contributed by atoms with Crippen LogP contribution in [-0.4, -0.2) is 17.6 Å². The van der Waals surface area contributed by atoms with E-state index in [9.17, 15) is 4.79 Å². The molecule has 0 radical (unpaired) electrons. The van der Waals surface area contributed by atoms with Gasteiger partial charge in [0.2, 0.25) is 0 Å². The SMILES string of the molecule is C[C@H](Nc1ccc(Cl)cc1)C(=O)OC(C)(C)C. The van der Waals surface area contributed by atoms with E-state index in [1.165, 1.54) is 0 Å². The maximum atomic E-state index is 11.7. The molecule has 0 aliphatic heterocycles. The third kappa shape index (κ3) is 5.09. The van der Waals surface area contributed by atoms with Crippen LogP contribution in [0.25, 0.3) is 0 Å². The van der Waals surface area contributed by atoms with Crippen molar-refractivity contribution < 1.29 is 9.53 Å². The Balaban J connectivity index is 2.57. The summed E-state index contributed by atoms with van der Waals surface area (Å²) in [5.74, 6) is -0.271. The average Bonchev–Trinajstić information content (AvgIpc) is 2.19. The Bertz CT molecular complexity index is 381. The summed E-state index contributed by atoms with van der Waals surface area (Å²) in [5, 5.41) is 3.73. The highest BCUT2D eigenvalue weighted by Crippen LogP contribution is 2.15. The molecule has 0 aliphatic carbocycles. The van der Waals surface area contributed by atoms with Crippen molar-refractivity contribution in [2.24, 2.45) is 0 Å². The summed E-state index contributed by atoms with van der Waals surface area (Å²) in [4.78, 5) is 11.7. The van der Waals surface area contributed by atoms with Gasteiger partial charge >= 0.3 is 5.97 Å². The summed E-state index contributed by atoms with van der Waals surface area (Å²) >= 11 is 5.78. The molecule has 0 unspecified atom stereocenters. The van der Waals surface area contributed by atoms with Gasteiger partial charge in [0.15, 0.2) is 0 Å². The number of halogens is 1. The van der Waals surface area contributed by atoms with Gasteiger partial charge in [-0.1, -0.05) is 11.6 Å². The lowest BCUT2D eigenvalue weighted by atomic mass is 10.2. The van der Waals surface area contributed by atoms with Crippen LogP contribution in [-0.2, 0) is 9.53 Å². The third-order valence-electron chi connectivity index (χ3n) is 1.99. The number of carbonyl (C=O) groups excluding carboxylic acids is 1. The van der Waals surface area contributed by atoms with E-state index in [0.717, 1.165) is 5.69 Å². The van der Waals surface area contributed by atoms with E-state index in [4.69, 9.17) is 16.3 Å². The Morgan fingerprint density at radius 2 is 1.82 bits per heavy atom. The molecule has 0 amide bonds. The molecule has 0 bridgehead atoms. The number of ether oxygens (including phenoxy) is 1. The van der Waals surface area contributed by atoms with Crippen molar-refractivity contribution in [2.75, 3.05) is 5.32 Å². The van der Waals surface area contributed by atoms with Gasteiger partial charge in [0.05, 0.1) is 0 Å². The van der Waals surface area contributed by atoms with Gasteiger partial charge in [0.25, 0.3) is 0 Å². The van der Waals surface area contributed by atoms with Crippen molar-refractivity contribution in [3.63, 3.8) is 0 Å². The van der Waals surface area contributed by atoms with E-state index >= 15 is 0 Å². The third-order valence-corrected chi connectivity index (χ3v) is 2.24. The normalized spacial score (nSPS) is 13.0. The second-order valence-corrected chi connectivity index (χ2v) is 5.34. The van der Waals surface area contributed by atoms with Gasteiger partial charge in [0, 0.05) is 10.7 Å². The highest BCUT2D eigenvalue weighted by atomic mass is 35.5. The maximum Gasteiger partial charge on any atom is 0.328 e. The minimum absolute atomic E-state index is 0.271. The first kappa shape index (κ1) is 13.8. The van der Waals surface area contributed by atoms with Crippen LogP contribution in [0.2, 0.25) is 5.02 Å². The topological polar surface area (TPSA) is 38.3 Å². The van der Waals surface area contributed by atoms with Gasteiger partial charge < -0.3 is 10.1 Å². The van der Waals surface area contributed by atoms with Crippen molar-refractivity contribution in [1.29, 1.82) is 0 Å². The number of esters is 1. The van der Waals surface area contributed by atoms with Crippen LogP contribution in [0, 0.1) is 0 Å². The van der Waals surface area contributed by atoms with Crippen molar-refractivity contribution in [1.82, 2.24) is 0 Å².